The number of benzene rings is 2. The molecule has 3 heteroatoms. The minimum atomic E-state index is -0.385. The van der Waals surface area contributed by atoms with Gasteiger partial charge in [-0.2, -0.15) is 0 Å². The predicted molar refractivity (Wildman–Crippen MR) is 75.8 cm³/mol. The Kier molecular flexibility index (Phi) is 3.05. The summed E-state index contributed by atoms with van der Waals surface area (Å²) < 4.78 is 0. The number of carbonyl (C=O) groups excluding carboxylic acids is 1. The molecular formula is C16H16N2O. The molecule has 0 atom stereocenters. The Balaban J connectivity index is 2.02. The van der Waals surface area contributed by atoms with Gasteiger partial charge in [-0.3, -0.25) is 4.79 Å². The van der Waals surface area contributed by atoms with Gasteiger partial charge < -0.3 is 11.1 Å². The third kappa shape index (κ3) is 2.37. The Morgan fingerprint density at radius 1 is 1.05 bits per heavy atom. The zero-order valence-corrected chi connectivity index (χ0v) is 10.6. The molecule has 0 saturated carbocycles. The molecule has 1 aliphatic rings. The van der Waals surface area contributed by atoms with E-state index in [0.29, 0.717) is 5.56 Å². The Labute approximate surface area is 112 Å². The van der Waals surface area contributed by atoms with Crippen LogP contribution in [0.5, 0.6) is 0 Å². The fourth-order valence-electron chi connectivity index (χ4n) is 2.51. The average Bonchev–Trinajstić information content (AvgIpc) is 2.47. The fourth-order valence-corrected chi connectivity index (χ4v) is 2.51. The second-order valence-corrected chi connectivity index (χ2v) is 4.86. The first kappa shape index (κ1) is 11.9. The van der Waals surface area contributed by atoms with Crippen LogP contribution in [0.3, 0.4) is 0 Å². The number of hydrogen-bond donors (Lipinski definition) is 2. The molecule has 0 fully saturated rings. The number of carbonyl (C=O) groups is 1. The van der Waals surface area contributed by atoms with Crippen LogP contribution in [0.4, 0.5) is 0 Å². The highest BCUT2D eigenvalue weighted by Crippen LogP contribution is 2.25. The molecule has 0 bridgehead atoms. The van der Waals surface area contributed by atoms with E-state index in [2.05, 4.69) is 23.5 Å². The lowest BCUT2D eigenvalue weighted by Gasteiger charge is -2.18. The van der Waals surface area contributed by atoms with Crippen molar-refractivity contribution in [3.05, 3.63) is 59.2 Å². The third-order valence-corrected chi connectivity index (χ3v) is 3.57. The van der Waals surface area contributed by atoms with E-state index in [1.54, 1.807) is 6.07 Å². The standard InChI is InChI=1S/C16H16N2O/c17-16(19)14-3-1-2-11(9-14)12-4-5-15-10-18-7-6-13(15)8-12/h1-5,8-9,18H,6-7,10H2,(H2,17,19). The van der Waals surface area contributed by atoms with Crippen LogP contribution in [0, 0.1) is 0 Å². The number of rotatable bonds is 2. The summed E-state index contributed by atoms with van der Waals surface area (Å²) in [6.07, 6.45) is 1.05. The summed E-state index contributed by atoms with van der Waals surface area (Å²) in [7, 11) is 0. The molecule has 3 nitrogen and oxygen atoms in total. The number of hydrogen-bond acceptors (Lipinski definition) is 2. The maximum Gasteiger partial charge on any atom is 0.248 e. The minimum absolute atomic E-state index is 0.385. The Morgan fingerprint density at radius 2 is 1.89 bits per heavy atom. The smallest absolute Gasteiger partial charge is 0.248 e. The van der Waals surface area contributed by atoms with Crippen LogP contribution in [0.25, 0.3) is 11.1 Å². The average molecular weight is 252 g/mol. The summed E-state index contributed by atoms with van der Waals surface area (Å²) >= 11 is 0. The minimum Gasteiger partial charge on any atom is -0.366 e. The lowest BCUT2D eigenvalue weighted by Crippen LogP contribution is -2.23. The molecule has 1 heterocycles. The van der Waals surface area contributed by atoms with Crippen molar-refractivity contribution in [1.82, 2.24) is 5.32 Å². The van der Waals surface area contributed by atoms with E-state index >= 15 is 0 Å². The zero-order chi connectivity index (χ0) is 13.2. The Bertz CT molecular complexity index is 634. The summed E-state index contributed by atoms with van der Waals surface area (Å²) in [5.74, 6) is -0.385. The second-order valence-electron chi connectivity index (χ2n) is 4.86. The van der Waals surface area contributed by atoms with E-state index < -0.39 is 0 Å². The summed E-state index contributed by atoms with van der Waals surface area (Å²) in [6, 6.07) is 14.0. The van der Waals surface area contributed by atoms with Gasteiger partial charge in [0.15, 0.2) is 0 Å². The maximum absolute atomic E-state index is 11.2. The van der Waals surface area contributed by atoms with Crippen molar-refractivity contribution in [2.24, 2.45) is 5.73 Å². The normalized spacial score (nSPS) is 13.9. The van der Waals surface area contributed by atoms with Crippen LogP contribution in [0.15, 0.2) is 42.5 Å². The fraction of sp³-hybridized carbons (Fsp3) is 0.188. The van der Waals surface area contributed by atoms with Crippen molar-refractivity contribution in [2.75, 3.05) is 6.54 Å². The molecule has 2 aromatic rings. The van der Waals surface area contributed by atoms with Crippen molar-refractivity contribution in [2.45, 2.75) is 13.0 Å². The maximum atomic E-state index is 11.2. The van der Waals surface area contributed by atoms with E-state index in [0.717, 1.165) is 30.6 Å². The van der Waals surface area contributed by atoms with Gasteiger partial charge in [-0.1, -0.05) is 30.3 Å². The monoisotopic (exact) mass is 252 g/mol. The molecule has 19 heavy (non-hydrogen) atoms. The van der Waals surface area contributed by atoms with Crippen molar-refractivity contribution in [3.8, 4) is 11.1 Å². The molecule has 0 aliphatic carbocycles. The summed E-state index contributed by atoms with van der Waals surface area (Å²) in [6.45, 7) is 1.97. The van der Waals surface area contributed by atoms with Gasteiger partial charge >= 0.3 is 0 Å². The predicted octanol–water partition coefficient (Wildman–Crippen LogP) is 2.10. The number of fused-ring (bicyclic) bond motifs is 1. The molecule has 96 valence electrons. The highest BCUT2D eigenvalue weighted by molar-refractivity contribution is 5.94. The Hall–Kier alpha value is -2.13. The van der Waals surface area contributed by atoms with Gasteiger partial charge in [0.2, 0.25) is 5.91 Å². The lowest BCUT2D eigenvalue weighted by atomic mass is 9.95. The first-order valence-electron chi connectivity index (χ1n) is 6.47. The second kappa shape index (κ2) is 4.86. The van der Waals surface area contributed by atoms with Gasteiger partial charge in [-0.25, -0.2) is 0 Å². The topological polar surface area (TPSA) is 55.1 Å². The van der Waals surface area contributed by atoms with Crippen LogP contribution in [-0.2, 0) is 13.0 Å². The largest absolute Gasteiger partial charge is 0.366 e. The molecule has 3 N–H and O–H groups in total. The molecule has 0 unspecified atom stereocenters. The molecule has 0 radical (unpaired) electrons. The van der Waals surface area contributed by atoms with Crippen molar-refractivity contribution in [3.63, 3.8) is 0 Å². The first-order chi connectivity index (χ1) is 9.24. The van der Waals surface area contributed by atoms with Crippen LogP contribution < -0.4 is 11.1 Å². The molecule has 0 spiro atoms. The molecule has 0 saturated heterocycles. The van der Waals surface area contributed by atoms with Gasteiger partial charge in [0.25, 0.3) is 0 Å². The quantitative estimate of drug-likeness (QED) is 0.860. The summed E-state index contributed by atoms with van der Waals surface area (Å²) in [5, 5.41) is 3.36. The number of nitrogens with one attached hydrogen (secondary N) is 1. The highest BCUT2D eigenvalue weighted by Gasteiger charge is 2.10. The lowest BCUT2D eigenvalue weighted by molar-refractivity contribution is 0.100. The molecule has 1 amide bonds. The number of amides is 1. The zero-order valence-electron chi connectivity index (χ0n) is 10.6. The van der Waals surface area contributed by atoms with Crippen molar-refractivity contribution < 1.29 is 4.79 Å². The van der Waals surface area contributed by atoms with Gasteiger partial charge in [-0.15, -0.1) is 0 Å². The first-order valence-corrected chi connectivity index (χ1v) is 6.47. The van der Waals surface area contributed by atoms with E-state index in [1.165, 1.54) is 11.1 Å². The molecule has 0 aromatic heterocycles. The van der Waals surface area contributed by atoms with Crippen molar-refractivity contribution in [1.29, 1.82) is 0 Å². The van der Waals surface area contributed by atoms with Crippen LogP contribution >= 0.6 is 0 Å². The van der Waals surface area contributed by atoms with Gasteiger partial charge in [0.1, 0.15) is 0 Å². The Morgan fingerprint density at radius 3 is 2.74 bits per heavy atom. The molecule has 3 rings (SSSR count). The van der Waals surface area contributed by atoms with Crippen LogP contribution in [0.2, 0.25) is 0 Å². The summed E-state index contributed by atoms with van der Waals surface area (Å²) in [5.41, 5.74) is 10.8. The van der Waals surface area contributed by atoms with E-state index in [-0.39, 0.29) is 5.91 Å². The van der Waals surface area contributed by atoms with E-state index in [4.69, 9.17) is 5.73 Å². The van der Waals surface area contributed by atoms with Gasteiger partial charge in [-0.05, 0) is 47.4 Å². The SMILES string of the molecule is NC(=O)c1cccc(-c2ccc3c(c2)CCNC3)c1. The number of nitrogens with two attached hydrogens (primary N) is 1. The van der Waals surface area contributed by atoms with Crippen LogP contribution in [0.1, 0.15) is 21.5 Å². The third-order valence-electron chi connectivity index (χ3n) is 3.57. The molecular weight excluding hydrogens is 236 g/mol. The molecule has 2 aromatic carbocycles. The van der Waals surface area contributed by atoms with E-state index in [9.17, 15) is 4.79 Å². The van der Waals surface area contributed by atoms with E-state index in [1.807, 2.05) is 18.2 Å². The van der Waals surface area contributed by atoms with Gasteiger partial charge in [0.05, 0.1) is 0 Å². The highest BCUT2D eigenvalue weighted by atomic mass is 16.1. The number of primary amides is 1. The molecule has 1 aliphatic heterocycles. The van der Waals surface area contributed by atoms with Gasteiger partial charge in [0, 0.05) is 12.1 Å². The van der Waals surface area contributed by atoms with Crippen molar-refractivity contribution >= 4 is 5.91 Å². The van der Waals surface area contributed by atoms with Crippen LogP contribution in [-0.4, -0.2) is 12.5 Å². The summed E-state index contributed by atoms with van der Waals surface area (Å²) in [4.78, 5) is 11.2.